The molecule has 1 aromatic carbocycles. The van der Waals surface area contributed by atoms with Crippen molar-refractivity contribution in [2.45, 2.75) is 6.54 Å². The van der Waals surface area contributed by atoms with E-state index in [0.29, 0.717) is 0 Å². The molecule has 0 bridgehead atoms. The summed E-state index contributed by atoms with van der Waals surface area (Å²) < 4.78 is 0. The minimum atomic E-state index is 0.750. The highest BCUT2D eigenvalue weighted by atomic mass is 32.1. The van der Waals surface area contributed by atoms with E-state index in [0.717, 1.165) is 22.8 Å². The molecule has 3 nitrogen and oxygen atoms in total. The number of nitrogens with zero attached hydrogens (tertiary/aromatic N) is 2. The van der Waals surface area contributed by atoms with Crippen LogP contribution in [-0.2, 0) is 6.54 Å². The second-order valence-corrected chi connectivity index (χ2v) is 5.27. The van der Waals surface area contributed by atoms with Gasteiger partial charge in [-0.1, -0.05) is 36.3 Å². The first-order chi connectivity index (χ1) is 10.4. The van der Waals surface area contributed by atoms with Gasteiger partial charge in [-0.3, -0.25) is 4.98 Å². The summed E-state index contributed by atoms with van der Waals surface area (Å²) in [4.78, 5) is 9.28. The maximum Gasteiger partial charge on any atom is 0.127 e. The molecular formula is C17H13N3S. The van der Waals surface area contributed by atoms with Gasteiger partial charge < -0.3 is 5.32 Å². The Bertz CT molecular complexity index is 755. The summed E-state index contributed by atoms with van der Waals surface area (Å²) in [7, 11) is 0. The molecule has 102 valence electrons. The molecule has 4 heteroatoms. The number of aromatic nitrogens is 2. The molecule has 0 spiro atoms. The Morgan fingerprint density at radius 2 is 2.00 bits per heavy atom. The maximum absolute atomic E-state index is 4.31. The predicted molar refractivity (Wildman–Crippen MR) is 86.1 cm³/mol. The first-order valence-corrected chi connectivity index (χ1v) is 7.42. The van der Waals surface area contributed by atoms with Crippen molar-refractivity contribution in [1.82, 2.24) is 9.97 Å². The van der Waals surface area contributed by atoms with Gasteiger partial charge in [-0.15, -0.1) is 11.3 Å². The number of rotatable bonds is 3. The van der Waals surface area contributed by atoms with Gasteiger partial charge in [-0.25, -0.2) is 4.98 Å². The number of anilines is 1. The van der Waals surface area contributed by atoms with Crippen molar-refractivity contribution < 1.29 is 0 Å². The Hall–Kier alpha value is -2.64. The highest BCUT2D eigenvalue weighted by Crippen LogP contribution is 2.09. The number of hydrogen-bond acceptors (Lipinski definition) is 4. The molecule has 0 unspecified atom stereocenters. The van der Waals surface area contributed by atoms with E-state index in [9.17, 15) is 0 Å². The number of thiazole rings is 1. The van der Waals surface area contributed by atoms with Crippen LogP contribution < -0.4 is 5.32 Å². The van der Waals surface area contributed by atoms with E-state index >= 15 is 0 Å². The monoisotopic (exact) mass is 291 g/mol. The number of pyridine rings is 1. The normalized spacial score (nSPS) is 9.71. The summed E-state index contributed by atoms with van der Waals surface area (Å²) in [6.45, 7) is 0.750. The topological polar surface area (TPSA) is 37.8 Å². The summed E-state index contributed by atoms with van der Waals surface area (Å²) in [6.07, 6.45) is 3.54. The lowest BCUT2D eigenvalue weighted by atomic mass is 10.2. The second-order valence-electron chi connectivity index (χ2n) is 4.38. The first kappa shape index (κ1) is 13.3. The fourth-order valence-corrected chi connectivity index (χ4v) is 2.27. The minimum absolute atomic E-state index is 0.750. The molecule has 0 atom stereocenters. The van der Waals surface area contributed by atoms with Crippen LogP contribution in [-0.4, -0.2) is 9.97 Å². The van der Waals surface area contributed by atoms with E-state index < -0.39 is 0 Å². The highest BCUT2D eigenvalue weighted by Gasteiger charge is 1.96. The largest absolute Gasteiger partial charge is 0.366 e. The van der Waals surface area contributed by atoms with Crippen LogP contribution >= 0.6 is 11.3 Å². The fourth-order valence-electron chi connectivity index (χ4n) is 1.80. The quantitative estimate of drug-likeness (QED) is 0.750. The molecule has 0 aliphatic heterocycles. The van der Waals surface area contributed by atoms with Gasteiger partial charge in [-0.2, -0.15) is 0 Å². The third kappa shape index (κ3) is 3.91. The Morgan fingerprint density at radius 1 is 1.10 bits per heavy atom. The first-order valence-electron chi connectivity index (χ1n) is 6.54. The summed E-state index contributed by atoms with van der Waals surface area (Å²) in [5, 5.41) is 3.31. The molecular weight excluding hydrogens is 278 g/mol. The van der Waals surface area contributed by atoms with Crippen molar-refractivity contribution in [2.24, 2.45) is 0 Å². The van der Waals surface area contributed by atoms with Gasteiger partial charge in [0.1, 0.15) is 5.82 Å². The molecule has 0 saturated heterocycles. The van der Waals surface area contributed by atoms with E-state index in [2.05, 4.69) is 39.3 Å². The van der Waals surface area contributed by atoms with Crippen molar-refractivity contribution in [3.8, 4) is 11.8 Å². The van der Waals surface area contributed by atoms with Crippen LogP contribution in [0.3, 0.4) is 0 Å². The van der Waals surface area contributed by atoms with E-state index in [1.165, 1.54) is 16.9 Å². The molecule has 0 aliphatic rings. The number of hydrogen-bond donors (Lipinski definition) is 1. The van der Waals surface area contributed by atoms with Crippen LogP contribution in [0.15, 0.2) is 60.4 Å². The van der Waals surface area contributed by atoms with Gasteiger partial charge in [0.25, 0.3) is 0 Å². The molecule has 0 fully saturated rings. The van der Waals surface area contributed by atoms with E-state index in [1.54, 1.807) is 17.9 Å². The molecule has 0 amide bonds. The maximum atomic E-state index is 4.31. The summed E-state index contributed by atoms with van der Waals surface area (Å²) in [6, 6.07) is 14.1. The summed E-state index contributed by atoms with van der Waals surface area (Å²) >= 11 is 1.54. The van der Waals surface area contributed by atoms with Crippen molar-refractivity contribution in [3.63, 3.8) is 0 Å². The fraction of sp³-hybridized carbons (Fsp3) is 0.0588. The molecule has 0 aliphatic carbocycles. The van der Waals surface area contributed by atoms with Gasteiger partial charge >= 0.3 is 0 Å². The minimum Gasteiger partial charge on any atom is -0.366 e. The Kier molecular flexibility index (Phi) is 4.25. The third-order valence-electron chi connectivity index (χ3n) is 2.84. The average Bonchev–Trinajstić information content (AvgIpc) is 3.06. The summed E-state index contributed by atoms with van der Waals surface area (Å²) in [5.41, 5.74) is 3.94. The van der Waals surface area contributed by atoms with Crippen LogP contribution in [0.2, 0.25) is 0 Å². The molecule has 3 rings (SSSR count). The van der Waals surface area contributed by atoms with Crippen molar-refractivity contribution in [1.29, 1.82) is 0 Å². The lowest BCUT2D eigenvalue weighted by Crippen LogP contribution is -2.01. The highest BCUT2D eigenvalue weighted by molar-refractivity contribution is 7.10. The van der Waals surface area contributed by atoms with E-state index in [4.69, 9.17) is 0 Å². The van der Waals surface area contributed by atoms with Crippen LogP contribution in [0.1, 0.15) is 16.0 Å². The van der Waals surface area contributed by atoms with Crippen molar-refractivity contribution in [3.05, 3.63) is 76.4 Å². The van der Waals surface area contributed by atoms with Crippen LogP contribution in [0, 0.1) is 11.8 Å². The van der Waals surface area contributed by atoms with Crippen molar-refractivity contribution in [2.75, 3.05) is 5.32 Å². The summed E-state index contributed by atoms with van der Waals surface area (Å²) in [5.74, 6) is 7.05. The van der Waals surface area contributed by atoms with Gasteiger partial charge in [0.05, 0.1) is 16.6 Å². The average molecular weight is 291 g/mol. The number of benzene rings is 1. The van der Waals surface area contributed by atoms with Gasteiger partial charge in [0.15, 0.2) is 0 Å². The molecule has 21 heavy (non-hydrogen) atoms. The third-order valence-corrected chi connectivity index (χ3v) is 3.53. The van der Waals surface area contributed by atoms with E-state index in [1.807, 2.05) is 30.3 Å². The molecule has 2 heterocycles. The Morgan fingerprint density at radius 3 is 2.81 bits per heavy atom. The molecule has 0 radical (unpaired) electrons. The smallest absolute Gasteiger partial charge is 0.127 e. The lowest BCUT2D eigenvalue weighted by molar-refractivity contribution is 1.11. The zero-order valence-corrected chi connectivity index (χ0v) is 12.1. The molecule has 0 saturated carbocycles. The standard InChI is InChI=1S/C17H13N3S/c1-2-4-15(5-3-1)11-20-17-10-14(8-9-19-17)6-7-16-12-18-13-21-16/h1-5,8-10,12-13H,11H2,(H,19,20). The van der Waals surface area contributed by atoms with Gasteiger partial charge in [0, 0.05) is 18.3 Å². The SMILES string of the molecule is C(#Cc1cncs1)c1ccnc(NCc2ccccc2)c1. The number of nitrogens with one attached hydrogen (secondary N) is 1. The Labute approximate surface area is 127 Å². The van der Waals surface area contributed by atoms with Crippen LogP contribution in [0.4, 0.5) is 5.82 Å². The molecule has 2 aromatic heterocycles. The zero-order chi connectivity index (χ0) is 14.3. The Balaban J connectivity index is 1.68. The lowest BCUT2D eigenvalue weighted by Gasteiger charge is -2.05. The van der Waals surface area contributed by atoms with Gasteiger partial charge in [0.2, 0.25) is 0 Å². The van der Waals surface area contributed by atoms with Gasteiger partial charge in [-0.05, 0) is 23.6 Å². The van der Waals surface area contributed by atoms with Crippen LogP contribution in [0.25, 0.3) is 0 Å². The predicted octanol–water partition coefficient (Wildman–Crippen LogP) is 3.55. The zero-order valence-electron chi connectivity index (χ0n) is 11.3. The molecule has 3 aromatic rings. The second kappa shape index (κ2) is 6.69. The van der Waals surface area contributed by atoms with E-state index in [-0.39, 0.29) is 0 Å². The van der Waals surface area contributed by atoms with Crippen LogP contribution in [0.5, 0.6) is 0 Å². The van der Waals surface area contributed by atoms with Crippen molar-refractivity contribution >= 4 is 17.2 Å². The molecule has 1 N–H and O–H groups in total.